The normalized spacial score (nSPS) is 14.5. The first-order valence-electron chi connectivity index (χ1n) is 12.3. The van der Waals surface area contributed by atoms with Crippen molar-refractivity contribution in [2.45, 2.75) is 36.0 Å². The maximum Gasteiger partial charge on any atom is 0.339 e. The van der Waals surface area contributed by atoms with Crippen molar-refractivity contribution in [3.8, 4) is 0 Å². The first-order valence-corrected chi connectivity index (χ1v) is 13.1. The van der Waals surface area contributed by atoms with Gasteiger partial charge in [0, 0.05) is 38.7 Å². The third kappa shape index (κ3) is 5.68. The second-order valence-electron chi connectivity index (χ2n) is 9.28. The van der Waals surface area contributed by atoms with E-state index in [1.807, 2.05) is 36.4 Å². The van der Waals surface area contributed by atoms with Crippen LogP contribution in [0.5, 0.6) is 0 Å². The number of hydrogen-bond acceptors (Lipinski definition) is 7. The molecule has 0 fully saturated rings. The van der Waals surface area contributed by atoms with Crippen LogP contribution < -0.4 is 5.32 Å². The molecule has 8 nitrogen and oxygen atoms in total. The Morgan fingerprint density at radius 2 is 1.74 bits per heavy atom. The smallest absolute Gasteiger partial charge is 0.339 e. The number of non-ortho nitro benzene ring substituents is 1. The van der Waals surface area contributed by atoms with Gasteiger partial charge in [-0.15, -0.1) is 0 Å². The van der Waals surface area contributed by atoms with Crippen molar-refractivity contribution in [2.24, 2.45) is 5.92 Å². The summed E-state index contributed by atoms with van der Waals surface area (Å²) in [6.07, 6.45) is 2.61. The molecule has 0 saturated carbocycles. The van der Waals surface area contributed by atoms with Gasteiger partial charge in [0.2, 0.25) is 0 Å². The first-order chi connectivity index (χ1) is 18.4. The number of anilines is 1. The van der Waals surface area contributed by atoms with Crippen molar-refractivity contribution < 1.29 is 19.2 Å². The number of carbonyl (C=O) groups is 2. The lowest BCUT2D eigenvalue weighted by Crippen LogP contribution is -2.23. The predicted molar refractivity (Wildman–Crippen MR) is 146 cm³/mol. The fourth-order valence-corrected chi connectivity index (χ4v) is 5.39. The summed E-state index contributed by atoms with van der Waals surface area (Å²) in [6.45, 7) is 1.76. The van der Waals surface area contributed by atoms with E-state index < -0.39 is 23.4 Å². The summed E-state index contributed by atoms with van der Waals surface area (Å²) in [5, 5.41) is 14.3. The fourth-order valence-electron chi connectivity index (χ4n) is 4.57. The van der Waals surface area contributed by atoms with Gasteiger partial charge < -0.3 is 10.1 Å². The van der Waals surface area contributed by atoms with E-state index >= 15 is 0 Å². The van der Waals surface area contributed by atoms with Gasteiger partial charge in [-0.05, 0) is 73.2 Å². The van der Waals surface area contributed by atoms with Crippen LogP contribution >= 0.6 is 11.8 Å². The number of carbonyl (C=O) groups excluding carboxylic acids is 2. The van der Waals surface area contributed by atoms with Crippen LogP contribution in [0.4, 0.5) is 11.4 Å². The third-order valence-corrected chi connectivity index (χ3v) is 7.48. The molecule has 1 aliphatic rings. The largest absolute Gasteiger partial charge is 0.452 e. The molecule has 1 heterocycles. The number of rotatable bonds is 7. The molecular formula is C29H25N3O5S. The molecular weight excluding hydrogens is 502 g/mol. The highest BCUT2D eigenvalue weighted by atomic mass is 32.2. The summed E-state index contributed by atoms with van der Waals surface area (Å²) >= 11 is 1.45. The molecule has 1 N–H and O–H groups in total. The van der Waals surface area contributed by atoms with Gasteiger partial charge >= 0.3 is 5.97 Å². The average molecular weight is 528 g/mol. The third-order valence-electron chi connectivity index (χ3n) is 6.47. The van der Waals surface area contributed by atoms with Crippen LogP contribution in [-0.2, 0) is 22.4 Å². The number of pyridine rings is 1. The van der Waals surface area contributed by atoms with E-state index in [1.165, 1.54) is 23.9 Å². The van der Waals surface area contributed by atoms with E-state index in [0.717, 1.165) is 51.2 Å². The second kappa shape index (κ2) is 11.0. The Kier molecular flexibility index (Phi) is 7.37. The first kappa shape index (κ1) is 25.4. The molecule has 0 radical (unpaired) electrons. The van der Waals surface area contributed by atoms with Gasteiger partial charge in [0.1, 0.15) is 0 Å². The number of aryl methyl sites for hydroxylation is 1. The van der Waals surface area contributed by atoms with Gasteiger partial charge in [0.15, 0.2) is 6.61 Å². The van der Waals surface area contributed by atoms with Crippen molar-refractivity contribution in [3.05, 3.63) is 99.7 Å². The van der Waals surface area contributed by atoms with Crippen LogP contribution in [0, 0.1) is 16.0 Å². The van der Waals surface area contributed by atoms with Crippen molar-refractivity contribution in [3.63, 3.8) is 0 Å². The van der Waals surface area contributed by atoms with Crippen LogP contribution in [0.1, 0.15) is 35.0 Å². The Labute approximate surface area is 223 Å². The maximum atomic E-state index is 13.2. The van der Waals surface area contributed by atoms with Gasteiger partial charge in [0.05, 0.1) is 16.0 Å². The molecule has 38 heavy (non-hydrogen) atoms. The number of para-hydroxylation sites is 1. The number of esters is 1. The number of nitrogens with zero attached hydrogens (tertiary/aromatic N) is 2. The lowest BCUT2D eigenvalue weighted by atomic mass is 9.84. The summed E-state index contributed by atoms with van der Waals surface area (Å²) in [7, 11) is 0. The number of aromatic nitrogens is 1. The van der Waals surface area contributed by atoms with Crippen molar-refractivity contribution in [1.82, 2.24) is 4.98 Å². The summed E-state index contributed by atoms with van der Waals surface area (Å²) in [5.41, 5.74) is 3.74. The van der Waals surface area contributed by atoms with Crippen LogP contribution in [0.25, 0.3) is 10.9 Å². The Morgan fingerprint density at radius 3 is 2.45 bits per heavy atom. The highest BCUT2D eigenvalue weighted by Gasteiger charge is 2.26. The highest BCUT2D eigenvalue weighted by molar-refractivity contribution is 7.99. The molecule has 1 aliphatic carbocycles. The van der Waals surface area contributed by atoms with E-state index in [2.05, 4.69) is 12.2 Å². The molecule has 1 unspecified atom stereocenters. The predicted octanol–water partition coefficient (Wildman–Crippen LogP) is 6.21. The van der Waals surface area contributed by atoms with Crippen LogP contribution in [0.2, 0.25) is 0 Å². The lowest BCUT2D eigenvalue weighted by molar-refractivity contribution is -0.384. The Hall–Kier alpha value is -4.24. The van der Waals surface area contributed by atoms with Gasteiger partial charge in [-0.1, -0.05) is 36.9 Å². The summed E-state index contributed by atoms with van der Waals surface area (Å²) in [6, 6.07) is 21.0. The van der Waals surface area contributed by atoms with E-state index in [-0.39, 0.29) is 5.69 Å². The summed E-state index contributed by atoms with van der Waals surface area (Å²) in [5.74, 6) is -0.504. The number of hydrogen-bond donors (Lipinski definition) is 1. The monoisotopic (exact) mass is 527 g/mol. The highest BCUT2D eigenvalue weighted by Crippen LogP contribution is 2.32. The molecule has 9 heteroatoms. The lowest BCUT2D eigenvalue weighted by Gasteiger charge is -2.24. The number of nitrogens with one attached hydrogen (secondary N) is 1. The SMILES string of the molecule is CC1CCc2nc3ccccc3c(C(=O)OCC(=O)Nc3ccc(Sc4ccc([N+](=O)[O-])cc4)cc3)c2C1. The molecule has 1 atom stereocenters. The quantitative estimate of drug-likeness (QED) is 0.173. The Morgan fingerprint density at radius 1 is 1.05 bits per heavy atom. The average Bonchev–Trinajstić information content (AvgIpc) is 2.92. The van der Waals surface area contributed by atoms with Gasteiger partial charge in [-0.25, -0.2) is 4.79 Å². The summed E-state index contributed by atoms with van der Waals surface area (Å²) < 4.78 is 5.47. The van der Waals surface area contributed by atoms with E-state index in [4.69, 9.17) is 9.72 Å². The minimum absolute atomic E-state index is 0.0414. The minimum atomic E-state index is -0.515. The Balaban J connectivity index is 1.22. The molecule has 3 aromatic carbocycles. The van der Waals surface area contributed by atoms with Crippen molar-refractivity contribution in [1.29, 1.82) is 0 Å². The molecule has 0 aliphatic heterocycles. The number of benzene rings is 3. The molecule has 4 aromatic rings. The Bertz CT molecular complexity index is 1520. The van der Waals surface area contributed by atoms with Crippen molar-refractivity contribution in [2.75, 3.05) is 11.9 Å². The number of ether oxygens (including phenoxy) is 1. The zero-order chi connectivity index (χ0) is 26.6. The van der Waals surface area contributed by atoms with E-state index in [1.54, 1.807) is 24.3 Å². The van der Waals surface area contributed by atoms with Gasteiger partial charge in [-0.2, -0.15) is 0 Å². The molecule has 192 valence electrons. The number of nitro benzene ring substituents is 1. The van der Waals surface area contributed by atoms with E-state index in [0.29, 0.717) is 17.2 Å². The summed E-state index contributed by atoms with van der Waals surface area (Å²) in [4.78, 5) is 42.7. The molecule has 5 rings (SSSR count). The minimum Gasteiger partial charge on any atom is -0.452 e. The topological polar surface area (TPSA) is 111 Å². The molecule has 1 amide bonds. The number of fused-ring (bicyclic) bond motifs is 2. The van der Waals surface area contributed by atoms with Crippen molar-refractivity contribution >= 4 is 45.9 Å². The second-order valence-corrected chi connectivity index (χ2v) is 10.4. The van der Waals surface area contributed by atoms with Gasteiger partial charge in [-0.3, -0.25) is 19.9 Å². The zero-order valence-electron chi connectivity index (χ0n) is 20.7. The molecule has 0 spiro atoms. The van der Waals surface area contributed by atoms with Crippen LogP contribution in [0.3, 0.4) is 0 Å². The molecule has 1 aromatic heterocycles. The fraction of sp³-hybridized carbons (Fsp3) is 0.207. The molecule has 0 bridgehead atoms. The van der Waals surface area contributed by atoms with E-state index in [9.17, 15) is 19.7 Å². The van der Waals surface area contributed by atoms with Crippen LogP contribution in [0.15, 0.2) is 82.6 Å². The number of amides is 1. The maximum absolute atomic E-state index is 13.2. The number of nitro groups is 1. The van der Waals surface area contributed by atoms with Crippen LogP contribution in [-0.4, -0.2) is 28.4 Å². The molecule has 0 saturated heterocycles. The van der Waals surface area contributed by atoms with Gasteiger partial charge in [0.25, 0.3) is 11.6 Å². The standard InChI is InChI=1S/C29H25N3O5S/c1-18-6-15-26-24(16-18)28(23-4-2-3-5-25(23)31-26)29(34)37-17-27(33)30-19-7-11-21(12-8-19)38-22-13-9-20(10-14-22)32(35)36/h2-5,7-14,18H,6,15-17H2,1H3,(H,30,33). The zero-order valence-corrected chi connectivity index (χ0v) is 21.5.